The van der Waals surface area contributed by atoms with Crippen molar-refractivity contribution in [2.75, 3.05) is 19.2 Å². The van der Waals surface area contributed by atoms with E-state index in [9.17, 15) is 9.36 Å². The van der Waals surface area contributed by atoms with Gasteiger partial charge in [0.05, 0.1) is 26.1 Å². The van der Waals surface area contributed by atoms with Crippen molar-refractivity contribution in [2.45, 2.75) is 32.0 Å². The molecule has 37 heavy (non-hydrogen) atoms. The second kappa shape index (κ2) is 12.0. The van der Waals surface area contributed by atoms with E-state index in [4.69, 9.17) is 19.7 Å². The van der Waals surface area contributed by atoms with Gasteiger partial charge in [-0.25, -0.2) is 20.0 Å². The first-order chi connectivity index (χ1) is 17.9. The first-order valence-electron chi connectivity index (χ1n) is 11.6. The van der Waals surface area contributed by atoms with Crippen LogP contribution in [0.2, 0.25) is 0 Å². The molecule has 3 N–H and O–H groups in total. The van der Waals surface area contributed by atoms with Crippen LogP contribution in [0.5, 0.6) is 5.75 Å². The Hall–Kier alpha value is -3.79. The molecule has 0 aliphatic carbocycles. The summed E-state index contributed by atoms with van der Waals surface area (Å²) in [5, 5.41) is 2.91. The van der Waals surface area contributed by atoms with Gasteiger partial charge in [0.1, 0.15) is 30.0 Å². The van der Waals surface area contributed by atoms with Crippen LogP contribution in [-0.2, 0) is 31.8 Å². The Morgan fingerprint density at radius 1 is 1.08 bits per heavy atom. The third kappa shape index (κ3) is 6.91. The topological polar surface area (TPSA) is 143 Å². The molecule has 3 atom stereocenters. The second-order valence-corrected chi connectivity index (χ2v) is 10.5. The lowest BCUT2D eigenvalue weighted by atomic mass is 10.1. The summed E-state index contributed by atoms with van der Waals surface area (Å²) in [5.41, 5.74) is 7.81. The second-order valence-electron chi connectivity index (χ2n) is 8.41. The smallest absolute Gasteiger partial charge is 0.342 e. The van der Waals surface area contributed by atoms with E-state index in [0.717, 1.165) is 5.56 Å². The molecule has 0 saturated carbocycles. The van der Waals surface area contributed by atoms with Crippen LogP contribution >= 0.6 is 7.52 Å². The number of nitrogens with zero attached hydrogens (tertiary/aromatic N) is 4. The quantitative estimate of drug-likeness (QED) is 0.209. The molecule has 0 aliphatic rings. The van der Waals surface area contributed by atoms with Gasteiger partial charge in [-0.1, -0.05) is 48.5 Å². The summed E-state index contributed by atoms with van der Waals surface area (Å²) in [6.45, 7) is 2.19. The van der Waals surface area contributed by atoms with Crippen molar-refractivity contribution >= 4 is 30.5 Å². The SMILES string of the molecule is COC(=O)[C@H](Cc1ccccc1)NP(=O)(CO[C@H](C)Cn1cnc2c(N)ncnc21)Oc1ccccc1. The molecule has 12 heteroatoms. The van der Waals surface area contributed by atoms with Crippen molar-refractivity contribution < 1.29 is 23.4 Å². The molecule has 2 aromatic heterocycles. The van der Waals surface area contributed by atoms with Gasteiger partial charge >= 0.3 is 13.5 Å². The van der Waals surface area contributed by atoms with Gasteiger partial charge in [0.25, 0.3) is 0 Å². The number of hydrogen-bond donors (Lipinski definition) is 2. The Morgan fingerprint density at radius 3 is 2.49 bits per heavy atom. The number of nitrogens with one attached hydrogen (secondary N) is 1. The summed E-state index contributed by atoms with van der Waals surface area (Å²) in [5.74, 6) is 0.108. The van der Waals surface area contributed by atoms with Gasteiger partial charge in [-0.15, -0.1) is 0 Å². The van der Waals surface area contributed by atoms with Crippen LogP contribution in [0.3, 0.4) is 0 Å². The molecule has 2 heterocycles. The van der Waals surface area contributed by atoms with Crippen molar-refractivity contribution in [1.82, 2.24) is 24.6 Å². The zero-order chi connectivity index (χ0) is 26.3. The molecule has 4 aromatic rings. The molecular formula is C25H29N6O5P. The fraction of sp³-hybridized carbons (Fsp3) is 0.280. The highest BCUT2D eigenvalue weighted by Gasteiger charge is 2.34. The maximum absolute atomic E-state index is 14.0. The predicted molar refractivity (Wildman–Crippen MR) is 139 cm³/mol. The number of nitrogen functional groups attached to an aromatic ring is 1. The van der Waals surface area contributed by atoms with Gasteiger partial charge in [-0.05, 0) is 31.0 Å². The summed E-state index contributed by atoms with van der Waals surface area (Å²) in [7, 11) is -2.46. The normalized spacial score (nSPS) is 14.5. The van der Waals surface area contributed by atoms with Gasteiger partial charge < -0.3 is 24.3 Å². The number of benzene rings is 2. The van der Waals surface area contributed by atoms with Gasteiger partial charge in [-0.3, -0.25) is 9.36 Å². The first kappa shape index (κ1) is 26.3. The van der Waals surface area contributed by atoms with Crippen molar-refractivity contribution in [2.24, 2.45) is 0 Å². The number of methoxy groups -OCH3 is 1. The van der Waals surface area contributed by atoms with E-state index in [1.54, 1.807) is 35.2 Å². The lowest BCUT2D eigenvalue weighted by Gasteiger charge is -2.26. The number of esters is 1. The minimum Gasteiger partial charge on any atom is -0.468 e. The number of hydrogen-bond acceptors (Lipinski definition) is 9. The van der Waals surface area contributed by atoms with E-state index in [2.05, 4.69) is 20.0 Å². The fourth-order valence-corrected chi connectivity index (χ4v) is 5.50. The number of rotatable bonds is 12. The van der Waals surface area contributed by atoms with Crippen LogP contribution in [-0.4, -0.2) is 51.1 Å². The number of fused-ring (bicyclic) bond motifs is 1. The van der Waals surface area contributed by atoms with Crippen LogP contribution < -0.4 is 15.3 Å². The molecular weight excluding hydrogens is 495 g/mol. The molecule has 0 aliphatic heterocycles. The Bertz CT molecular complexity index is 1370. The minimum absolute atomic E-state index is 0.257. The van der Waals surface area contributed by atoms with Gasteiger partial charge in [-0.2, -0.15) is 0 Å². The highest BCUT2D eigenvalue weighted by molar-refractivity contribution is 7.57. The van der Waals surface area contributed by atoms with Crippen LogP contribution in [0.4, 0.5) is 5.82 Å². The summed E-state index contributed by atoms with van der Waals surface area (Å²) in [6.07, 6.45) is 2.52. The van der Waals surface area contributed by atoms with Crippen molar-refractivity contribution in [3.05, 3.63) is 78.9 Å². The predicted octanol–water partition coefficient (Wildman–Crippen LogP) is 3.42. The average Bonchev–Trinajstić information content (AvgIpc) is 3.32. The molecule has 2 aromatic carbocycles. The van der Waals surface area contributed by atoms with Crippen molar-refractivity contribution in [3.8, 4) is 5.75 Å². The zero-order valence-electron chi connectivity index (χ0n) is 20.6. The van der Waals surface area contributed by atoms with Gasteiger partial charge in [0.15, 0.2) is 11.5 Å². The highest BCUT2D eigenvalue weighted by atomic mass is 31.2. The van der Waals surface area contributed by atoms with Crippen molar-refractivity contribution in [3.63, 3.8) is 0 Å². The molecule has 0 fully saturated rings. The number of aromatic nitrogens is 4. The summed E-state index contributed by atoms with van der Waals surface area (Å²) in [6, 6.07) is 17.2. The fourth-order valence-electron chi connectivity index (χ4n) is 3.74. The van der Waals surface area contributed by atoms with Crippen LogP contribution in [0.25, 0.3) is 11.2 Å². The minimum atomic E-state index is -3.74. The third-order valence-corrected chi connectivity index (χ3v) is 7.23. The first-order valence-corrected chi connectivity index (χ1v) is 13.4. The van der Waals surface area contributed by atoms with Gasteiger partial charge in [0.2, 0.25) is 0 Å². The Kier molecular flexibility index (Phi) is 8.50. The Morgan fingerprint density at radius 2 is 1.78 bits per heavy atom. The summed E-state index contributed by atoms with van der Waals surface area (Å²) < 4.78 is 32.7. The molecule has 0 amide bonds. The standard InChI is InChI=1S/C25H29N6O5P/c1-18(14-31-16-29-22-23(26)27-15-28-24(22)31)35-17-37(33,36-20-11-7-4-8-12-20)30-21(25(32)34-2)13-19-9-5-3-6-10-19/h3-12,15-16,18,21H,13-14,17H2,1-2H3,(H,30,33)(H2,26,27,28)/t18-,21+,37?/m1/s1. The molecule has 1 unspecified atom stereocenters. The van der Waals surface area contributed by atoms with E-state index in [1.807, 2.05) is 43.3 Å². The Labute approximate surface area is 214 Å². The molecule has 0 radical (unpaired) electrons. The van der Waals surface area contributed by atoms with Crippen LogP contribution in [0.1, 0.15) is 12.5 Å². The molecule has 0 spiro atoms. The van der Waals surface area contributed by atoms with E-state index in [1.165, 1.54) is 13.4 Å². The number of nitrogens with two attached hydrogens (primary N) is 1. The maximum Gasteiger partial charge on any atom is 0.342 e. The molecule has 11 nitrogen and oxygen atoms in total. The van der Waals surface area contributed by atoms with E-state index < -0.39 is 25.6 Å². The van der Waals surface area contributed by atoms with Gasteiger partial charge in [0, 0.05) is 0 Å². The lowest BCUT2D eigenvalue weighted by molar-refractivity contribution is -0.142. The molecule has 0 saturated heterocycles. The number of carbonyl (C=O) groups excluding carboxylic acids is 1. The number of para-hydroxylation sites is 1. The molecule has 194 valence electrons. The van der Waals surface area contributed by atoms with E-state index in [-0.39, 0.29) is 18.6 Å². The molecule has 4 rings (SSSR count). The number of anilines is 1. The largest absolute Gasteiger partial charge is 0.468 e. The lowest BCUT2D eigenvalue weighted by Crippen LogP contribution is -2.39. The highest BCUT2D eigenvalue weighted by Crippen LogP contribution is 2.44. The average molecular weight is 525 g/mol. The van der Waals surface area contributed by atoms with Crippen LogP contribution in [0.15, 0.2) is 73.3 Å². The number of carbonyl (C=O) groups is 1. The zero-order valence-corrected chi connectivity index (χ0v) is 21.5. The maximum atomic E-state index is 14.0. The summed E-state index contributed by atoms with van der Waals surface area (Å²) >= 11 is 0. The van der Waals surface area contributed by atoms with E-state index in [0.29, 0.717) is 23.5 Å². The van der Waals surface area contributed by atoms with Crippen molar-refractivity contribution in [1.29, 1.82) is 0 Å². The molecule has 0 bridgehead atoms. The summed E-state index contributed by atoms with van der Waals surface area (Å²) in [4.78, 5) is 25.1. The Balaban J connectivity index is 1.51. The van der Waals surface area contributed by atoms with Crippen LogP contribution in [0, 0.1) is 0 Å². The number of ether oxygens (including phenoxy) is 2. The van der Waals surface area contributed by atoms with E-state index >= 15 is 0 Å². The third-order valence-electron chi connectivity index (χ3n) is 5.53. The monoisotopic (exact) mass is 524 g/mol. The number of imidazole rings is 1.